The summed E-state index contributed by atoms with van der Waals surface area (Å²) < 4.78 is 26.9. The molecule has 1 aliphatic rings. The molecule has 0 aliphatic carbocycles. The van der Waals surface area contributed by atoms with Crippen molar-refractivity contribution in [2.24, 2.45) is 0 Å². The minimum absolute atomic E-state index is 0.0659. The van der Waals surface area contributed by atoms with E-state index in [9.17, 15) is 14.8 Å². The first-order chi connectivity index (χ1) is 16.8. The number of methoxy groups -OCH3 is 3. The third kappa shape index (κ3) is 4.80. The summed E-state index contributed by atoms with van der Waals surface area (Å²) in [6, 6.07) is 13.4. The van der Waals surface area contributed by atoms with Crippen molar-refractivity contribution in [3.05, 3.63) is 82.3 Å². The molecule has 10 nitrogen and oxygen atoms in total. The number of Topliss-reactive ketones (excluding diaryl/α,β-unsaturated/α-hetero) is 1. The fraction of sp³-hybridized carbons (Fsp3) is 0.120. The van der Waals surface area contributed by atoms with Gasteiger partial charge in [0.05, 0.1) is 32.5 Å². The Hall–Kier alpha value is -4.38. The Morgan fingerprint density at radius 2 is 1.63 bits per heavy atom. The number of esters is 1. The van der Waals surface area contributed by atoms with Crippen LogP contribution in [-0.2, 0) is 0 Å². The summed E-state index contributed by atoms with van der Waals surface area (Å²) in [6.07, 6.45) is 1.51. The van der Waals surface area contributed by atoms with Crippen LogP contribution in [0.2, 0.25) is 0 Å². The highest BCUT2D eigenvalue weighted by Gasteiger charge is 2.28. The monoisotopic (exact) mass is 479 g/mol. The molecule has 2 N–H and O–H groups in total. The first kappa shape index (κ1) is 23.8. The summed E-state index contributed by atoms with van der Waals surface area (Å²) in [5, 5.41) is 19.0. The predicted molar refractivity (Wildman–Crippen MR) is 123 cm³/mol. The Bertz CT molecular complexity index is 1290. The largest absolute Gasteiger partial charge is 0.595 e. The zero-order valence-electron chi connectivity index (χ0n) is 19.0. The molecule has 3 aromatic rings. The second-order valence-corrected chi connectivity index (χ2v) is 7.33. The lowest BCUT2D eigenvalue weighted by Crippen LogP contribution is -2.99. The van der Waals surface area contributed by atoms with Gasteiger partial charge in [-0.3, -0.25) is 4.79 Å². The lowest BCUT2D eigenvalue weighted by molar-refractivity contribution is -0.991. The van der Waals surface area contributed by atoms with Gasteiger partial charge in [0, 0.05) is 18.2 Å². The summed E-state index contributed by atoms with van der Waals surface area (Å²) in [4.78, 5) is 25.5. The van der Waals surface area contributed by atoms with E-state index in [2.05, 4.69) is 0 Å². The van der Waals surface area contributed by atoms with Crippen molar-refractivity contribution in [1.82, 2.24) is 0 Å². The topological polar surface area (TPSA) is 128 Å². The van der Waals surface area contributed by atoms with Gasteiger partial charge < -0.3 is 28.9 Å². The molecule has 10 heteroatoms. The number of allylic oxidation sites excluding steroid dienone is 1. The molecule has 0 saturated heterocycles. The van der Waals surface area contributed by atoms with Crippen LogP contribution < -0.4 is 28.9 Å². The number of ketones is 1. The lowest BCUT2D eigenvalue weighted by Gasteiger charge is -2.13. The van der Waals surface area contributed by atoms with E-state index >= 15 is 0 Å². The standard InChI is InChI=1S/C25H21NO9/c1-31-21-11-15(12-22(32-2)24(21)33-3)25(28)34-17-8-9-18-19(13-17)35-20(23(18)27)10-14-4-6-16(7-5-14)26(29)30/h4-13,26,29H,1-3H3. The highest BCUT2D eigenvalue weighted by molar-refractivity contribution is 6.14. The van der Waals surface area contributed by atoms with Crippen molar-refractivity contribution in [1.29, 1.82) is 0 Å². The third-order valence-electron chi connectivity index (χ3n) is 5.21. The second kappa shape index (κ2) is 9.85. The molecule has 0 saturated carbocycles. The molecule has 1 aliphatic heterocycles. The molecular formula is C25H21NO9. The van der Waals surface area contributed by atoms with Crippen LogP contribution in [0.3, 0.4) is 0 Å². The molecule has 35 heavy (non-hydrogen) atoms. The fourth-order valence-electron chi connectivity index (χ4n) is 3.47. The summed E-state index contributed by atoms with van der Waals surface area (Å²) >= 11 is 0. The number of carbonyl (C=O) groups excluding carboxylic acids is 2. The second-order valence-electron chi connectivity index (χ2n) is 7.33. The highest BCUT2D eigenvalue weighted by Crippen LogP contribution is 2.39. The molecule has 0 radical (unpaired) electrons. The van der Waals surface area contributed by atoms with E-state index in [0.29, 0.717) is 28.4 Å². The molecule has 1 unspecified atom stereocenters. The van der Waals surface area contributed by atoms with Crippen LogP contribution in [0.1, 0.15) is 26.3 Å². The van der Waals surface area contributed by atoms with Crippen LogP contribution in [0.5, 0.6) is 28.7 Å². The molecule has 0 bridgehead atoms. The van der Waals surface area contributed by atoms with Crippen molar-refractivity contribution in [3.63, 3.8) is 0 Å². The van der Waals surface area contributed by atoms with E-state index in [1.807, 2.05) is 0 Å². The van der Waals surface area contributed by atoms with Crippen LogP contribution in [0.4, 0.5) is 5.69 Å². The molecule has 0 aromatic heterocycles. The highest BCUT2D eigenvalue weighted by atomic mass is 16.8. The number of hydrogen-bond donors (Lipinski definition) is 2. The average Bonchev–Trinajstić information content (AvgIpc) is 3.17. The van der Waals surface area contributed by atoms with Crippen LogP contribution in [0, 0.1) is 5.21 Å². The summed E-state index contributed by atoms with van der Waals surface area (Å²) in [5.74, 6) is 0.387. The van der Waals surface area contributed by atoms with Crippen molar-refractivity contribution >= 4 is 23.5 Å². The van der Waals surface area contributed by atoms with E-state index in [1.165, 1.54) is 69.9 Å². The summed E-state index contributed by atoms with van der Waals surface area (Å²) in [5.41, 5.74) is 1.21. The van der Waals surface area contributed by atoms with Crippen LogP contribution in [-0.4, -0.2) is 38.3 Å². The fourth-order valence-corrected chi connectivity index (χ4v) is 3.47. The SMILES string of the molecule is COc1cc(C(=O)Oc2ccc3c(c2)OC(=Cc2ccc([NH+]([O-])O)cc2)C3=O)cc(OC)c1OC. The van der Waals surface area contributed by atoms with Crippen LogP contribution in [0.15, 0.2) is 60.4 Å². The van der Waals surface area contributed by atoms with Gasteiger partial charge in [-0.05, 0) is 48.0 Å². The number of hydrogen-bond acceptors (Lipinski definition) is 9. The Labute approximate surface area is 200 Å². The van der Waals surface area contributed by atoms with Gasteiger partial charge in [-0.25, -0.2) is 10.0 Å². The number of carbonyl (C=O) groups is 2. The lowest BCUT2D eigenvalue weighted by atomic mass is 10.1. The molecule has 180 valence electrons. The number of fused-ring (bicyclic) bond motifs is 1. The maximum atomic E-state index is 12.8. The smallest absolute Gasteiger partial charge is 0.343 e. The molecule has 4 rings (SSSR count). The quantitative estimate of drug-likeness (QED) is 0.227. The van der Waals surface area contributed by atoms with Crippen molar-refractivity contribution in [2.45, 2.75) is 0 Å². The average molecular weight is 479 g/mol. The maximum Gasteiger partial charge on any atom is 0.343 e. The van der Waals surface area contributed by atoms with Crippen molar-refractivity contribution < 1.29 is 43.7 Å². The van der Waals surface area contributed by atoms with Crippen molar-refractivity contribution in [2.75, 3.05) is 21.3 Å². The number of nitrogens with one attached hydrogen (secondary N) is 1. The molecule has 0 spiro atoms. The minimum atomic E-state index is -1.04. The van der Waals surface area contributed by atoms with E-state index in [-0.39, 0.29) is 34.3 Å². The normalized spacial score (nSPS) is 14.2. The summed E-state index contributed by atoms with van der Waals surface area (Å²) in [6.45, 7) is 0. The van der Waals surface area contributed by atoms with E-state index < -0.39 is 11.2 Å². The number of quaternary nitrogens is 1. The van der Waals surface area contributed by atoms with Gasteiger partial charge in [-0.1, -0.05) is 0 Å². The number of rotatable bonds is 7. The third-order valence-corrected chi connectivity index (χ3v) is 5.21. The Morgan fingerprint density at radius 1 is 0.971 bits per heavy atom. The Balaban J connectivity index is 1.54. The van der Waals surface area contributed by atoms with Gasteiger partial charge in [0.25, 0.3) is 0 Å². The van der Waals surface area contributed by atoms with E-state index in [0.717, 1.165) is 0 Å². The number of ether oxygens (including phenoxy) is 5. The zero-order valence-corrected chi connectivity index (χ0v) is 19.0. The first-order valence-corrected chi connectivity index (χ1v) is 10.3. The van der Waals surface area contributed by atoms with Gasteiger partial charge in [-0.15, -0.1) is 0 Å². The molecule has 1 atom stereocenters. The molecule has 1 heterocycles. The zero-order chi connectivity index (χ0) is 25.1. The summed E-state index contributed by atoms with van der Waals surface area (Å²) in [7, 11) is 4.33. The van der Waals surface area contributed by atoms with Gasteiger partial charge in [0.1, 0.15) is 11.5 Å². The van der Waals surface area contributed by atoms with E-state index in [4.69, 9.17) is 28.9 Å². The van der Waals surface area contributed by atoms with Gasteiger partial charge >= 0.3 is 5.97 Å². The molecule has 0 fully saturated rings. The van der Waals surface area contributed by atoms with Gasteiger partial charge in [0.2, 0.25) is 11.5 Å². The van der Waals surface area contributed by atoms with Crippen LogP contribution >= 0.6 is 0 Å². The Kier molecular flexibility index (Phi) is 6.69. The first-order valence-electron chi connectivity index (χ1n) is 10.3. The van der Waals surface area contributed by atoms with E-state index in [1.54, 1.807) is 12.1 Å². The maximum absolute atomic E-state index is 12.8. The minimum Gasteiger partial charge on any atom is -0.595 e. The van der Waals surface area contributed by atoms with Gasteiger partial charge in [-0.2, -0.15) is 5.23 Å². The van der Waals surface area contributed by atoms with Gasteiger partial charge in [0.15, 0.2) is 22.9 Å². The Morgan fingerprint density at radius 3 is 2.20 bits per heavy atom. The van der Waals surface area contributed by atoms with Crippen molar-refractivity contribution in [3.8, 4) is 28.7 Å². The molecular weight excluding hydrogens is 458 g/mol. The number of benzene rings is 3. The predicted octanol–water partition coefficient (Wildman–Crippen LogP) is 2.95. The molecule has 0 amide bonds. The molecule has 3 aromatic carbocycles. The van der Waals surface area contributed by atoms with Crippen LogP contribution in [0.25, 0.3) is 6.08 Å².